The van der Waals surface area contributed by atoms with E-state index in [1.54, 1.807) is 18.5 Å². The van der Waals surface area contributed by atoms with Gasteiger partial charge in [0.2, 0.25) is 5.95 Å². The Labute approximate surface area is 175 Å². The van der Waals surface area contributed by atoms with E-state index < -0.39 is 0 Å². The van der Waals surface area contributed by atoms with Crippen molar-refractivity contribution in [2.24, 2.45) is 0 Å². The molecule has 2 aromatic heterocycles. The normalized spacial score (nSPS) is 16.5. The van der Waals surface area contributed by atoms with Gasteiger partial charge in [-0.25, -0.2) is 14.4 Å². The molecular weight excluding hydrogens is 383 g/mol. The Bertz CT molecular complexity index is 1060. The molecule has 1 N–H and O–H groups in total. The number of aromatic nitrogens is 4. The van der Waals surface area contributed by atoms with E-state index in [-0.39, 0.29) is 17.8 Å². The number of amides is 1. The molecule has 1 unspecified atom stereocenters. The summed E-state index contributed by atoms with van der Waals surface area (Å²) in [6.07, 6.45) is 6.01. The van der Waals surface area contributed by atoms with Gasteiger partial charge in [-0.3, -0.25) is 9.89 Å². The molecule has 7 nitrogen and oxygen atoms in total. The summed E-state index contributed by atoms with van der Waals surface area (Å²) in [7, 11) is 3.75. The molecular formula is C22H25FN6O. The van der Waals surface area contributed by atoms with Gasteiger partial charge in [-0.05, 0) is 43.9 Å². The minimum absolute atomic E-state index is 0.0684. The molecule has 8 heteroatoms. The van der Waals surface area contributed by atoms with Crippen LogP contribution in [0.1, 0.15) is 47.1 Å². The molecule has 156 valence electrons. The van der Waals surface area contributed by atoms with Gasteiger partial charge in [0.1, 0.15) is 5.82 Å². The number of aryl methyl sites for hydroxylation is 1. The fourth-order valence-electron chi connectivity index (χ4n) is 3.91. The molecule has 1 saturated heterocycles. The van der Waals surface area contributed by atoms with Crippen LogP contribution in [0.4, 0.5) is 10.3 Å². The number of nitrogens with one attached hydrogen (secondary N) is 1. The van der Waals surface area contributed by atoms with Gasteiger partial charge < -0.3 is 9.80 Å². The van der Waals surface area contributed by atoms with Crippen LogP contribution in [0.2, 0.25) is 0 Å². The summed E-state index contributed by atoms with van der Waals surface area (Å²) in [5, 5.41) is 6.84. The van der Waals surface area contributed by atoms with E-state index in [2.05, 4.69) is 15.2 Å². The molecule has 30 heavy (non-hydrogen) atoms. The topological polar surface area (TPSA) is 78.0 Å². The van der Waals surface area contributed by atoms with E-state index in [1.165, 1.54) is 12.1 Å². The number of halogens is 1. The van der Waals surface area contributed by atoms with E-state index in [9.17, 15) is 9.18 Å². The fourth-order valence-corrected chi connectivity index (χ4v) is 3.91. The Morgan fingerprint density at radius 1 is 1.27 bits per heavy atom. The Kier molecular flexibility index (Phi) is 5.48. The summed E-state index contributed by atoms with van der Waals surface area (Å²) < 4.78 is 13.9. The van der Waals surface area contributed by atoms with E-state index in [1.807, 2.05) is 36.9 Å². The number of nitrogens with zero attached hydrogens (tertiary/aromatic N) is 5. The van der Waals surface area contributed by atoms with Crippen molar-refractivity contribution in [1.82, 2.24) is 25.1 Å². The second kappa shape index (κ2) is 8.22. The first-order valence-electron chi connectivity index (χ1n) is 10.1. The summed E-state index contributed by atoms with van der Waals surface area (Å²) >= 11 is 0. The highest BCUT2D eigenvalue weighted by atomic mass is 19.1. The van der Waals surface area contributed by atoms with Gasteiger partial charge in [0.25, 0.3) is 5.91 Å². The molecule has 1 aromatic carbocycles. The van der Waals surface area contributed by atoms with Crippen LogP contribution < -0.4 is 4.90 Å². The lowest BCUT2D eigenvalue weighted by molar-refractivity contribution is 0.0606. The SMILES string of the molecule is Cc1[nH]ncc1C(=O)N1CCCCC1c1nc(N(C)C)ncc1-c1cccc(F)c1. The van der Waals surface area contributed by atoms with Crippen molar-refractivity contribution in [3.63, 3.8) is 0 Å². The number of anilines is 1. The van der Waals surface area contributed by atoms with Crippen LogP contribution in [-0.2, 0) is 0 Å². The highest BCUT2D eigenvalue weighted by Crippen LogP contribution is 2.37. The average molecular weight is 408 g/mol. The van der Waals surface area contributed by atoms with Gasteiger partial charge in [-0.1, -0.05) is 12.1 Å². The Balaban J connectivity index is 1.82. The number of carbonyl (C=O) groups is 1. The molecule has 0 spiro atoms. The van der Waals surface area contributed by atoms with E-state index in [4.69, 9.17) is 4.98 Å². The molecule has 0 aliphatic carbocycles. The predicted octanol–water partition coefficient (Wildman–Crippen LogP) is 3.75. The monoisotopic (exact) mass is 408 g/mol. The third-order valence-corrected chi connectivity index (χ3v) is 5.48. The van der Waals surface area contributed by atoms with Crippen molar-refractivity contribution in [3.8, 4) is 11.1 Å². The molecule has 0 radical (unpaired) electrons. The zero-order valence-corrected chi connectivity index (χ0v) is 17.4. The van der Waals surface area contributed by atoms with Gasteiger partial charge >= 0.3 is 0 Å². The zero-order valence-electron chi connectivity index (χ0n) is 17.4. The average Bonchev–Trinajstić information content (AvgIpc) is 3.18. The van der Waals surface area contributed by atoms with Crippen LogP contribution in [0.15, 0.2) is 36.7 Å². The highest BCUT2D eigenvalue weighted by molar-refractivity contribution is 5.95. The highest BCUT2D eigenvalue weighted by Gasteiger charge is 2.33. The molecule has 3 heterocycles. The minimum atomic E-state index is -0.319. The van der Waals surface area contributed by atoms with Crippen LogP contribution in [0.25, 0.3) is 11.1 Å². The van der Waals surface area contributed by atoms with Gasteiger partial charge in [0, 0.05) is 38.1 Å². The second-order valence-corrected chi connectivity index (χ2v) is 7.79. The lowest BCUT2D eigenvalue weighted by Crippen LogP contribution is -2.39. The fraction of sp³-hybridized carbons (Fsp3) is 0.364. The lowest BCUT2D eigenvalue weighted by Gasteiger charge is -2.36. The summed E-state index contributed by atoms with van der Waals surface area (Å²) in [6.45, 7) is 2.48. The number of hydrogen-bond acceptors (Lipinski definition) is 5. The number of aromatic amines is 1. The molecule has 0 bridgehead atoms. The van der Waals surface area contributed by atoms with Crippen molar-refractivity contribution < 1.29 is 9.18 Å². The maximum absolute atomic E-state index is 13.9. The molecule has 1 aliphatic rings. The Morgan fingerprint density at radius 3 is 2.80 bits per heavy atom. The number of hydrogen-bond donors (Lipinski definition) is 1. The van der Waals surface area contributed by atoms with Crippen LogP contribution in [0, 0.1) is 12.7 Å². The lowest BCUT2D eigenvalue weighted by atomic mass is 9.93. The zero-order chi connectivity index (χ0) is 21.3. The predicted molar refractivity (Wildman–Crippen MR) is 113 cm³/mol. The summed E-state index contributed by atoms with van der Waals surface area (Å²) in [6, 6.07) is 6.19. The van der Waals surface area contributed by atoms with Crippen LogP contribution in [0.3, 0.4) is 0 Å². The third-order valence-electron chi connectivity index (χ3n) is 5.48. The second-order valence-electron chi connectivity index (χ2n) is 7.79. The molecule has 1 fully saturated rings. The molecule has 3 aromatic rings. The van der Waals surface area contributed by atoms with E-state index in [0.717, 1.165) is 36.2 Å². The molecule has 1 aliphatic heterocycles. The number of likely N-dealkylation sites (tertiary alicyclic amines) is 1. The molecule has 1 atom stereocenters. The van der Waals surface area contributed by atoms with Crippen LogP contribution in [-0.4, -0.2) is 51.6 Å². The summed E-state index contributed by atoms with van der Waals surface area (Å²) in [5.74, 6) is 0.171. The molecule has 4 rings (SSSR count). The number of carbonyl (C=O) groups excluding carboxylic acids is 1. The quantitative estimate of drug-likeness (QED) is 0.711. The first-order valence-corrected chi connectivity index (χ1v) is 10.1. The third kappa shape index (κ3) is 3.77. The van der Waals surface area contributed by atoms with Crippen LogP contribution in [0.5, 0.6) is 0 Å². The summed E-state index contributed by atoms with van der Waals surface area (Å²) in [4.78, 5) is 26.3. The van der Waals surface area contributed by atoms with E-state index in [0.29, 0.717) is 23.6 Å². The smallest absolute Gasteiger partial charge is 0.257 e. The minimum Gasteiger partial charge on any atom is -0.347 e. The van der Waals surface area contributed by atoms with Crippen LogP contribution >= 0.6 is 0 Å². The van der Waals surface area contributed by atoms with Crippen molar-refractivity contribution in [2.75, 3.05) is 25.5 Å². The number of piperidine rings is 1. The number of benzene rings is 1. The Hall–Kier alpha value is -3.29. The largest absolute Gasteiger partial charge is 0.347 e. The van der Waals surface area contributed by atoms with Crippen molar-refractivity contribution >= 4 is 11.9 Å². The van der Waals surface area contributed by atoms with Gasteiger partial charge in [-0.2, -0.15) is 5.10 Å². The first kappa shape index (κ1) is 20.0. The van der Waals surface area contributed by atoms with Crippen molar-refractivity contribution in [1.29, 1.82) is 0 Å². The van der Waals surface area contributed by atoms with E-state index >= 15 is 0 Å². The summed E-state index contributed by atoms with van der Waals surface area (Å²) in [5.41, 5.74) is 3.50. The molecule has 0 saturated carbocycles. The maximum Gasteiger partial charge on any atom is 0.257 e. The maximum atomic E-state index is 13.9. The number of rotatable bonds is 4. The number of H-pyrrole nitrogens is 1. The van der Waals surface area contributed by atoms with Gasteiger partial charge in [-0.15, -0.1) is 0 Å². The Morgan fingerprint density at radius 2 is 2.10 bits per heavy atom. The van der Waals surface area contributed by atoms with Crippen molar-refractivity contribution in [3.05, 3.63) is 59.4 Å². The van der Waals surface area contributed by atoms with Crippen molar-refractivity contribution in [2.45, 2.75) is 32.2 Å². The first-order chi connectivity index (χ1) is 14.5. The van der Waals surface area contributed by atoms with Gasteiger partial charge in [0.05, 0.1) is 23.5 Å². The standard InChI is InChI=1S/C22H25FN6O/c1-14-17(13-25-27-14)21(30)29-10-5-4-9-19(29)20-18(12-24-22(26-20)28(2)3)15-7-6-8-16(23)11-15/h6-8,11-13,19H,4-5,9-10H2,1-3H3,(H,25,27). The van der Waals surface area contributed by atoms with Gasteiger partial charge in [0.15, 0.2) is 0 Å². The molecule has 1 amide bonds.